The Morgan fingerprint density at radius 1 is 1.37 bits per heavy atom. The number of benzene rings is 1. The lowest BCUT2D eigenvalue weighted by Gasteiger charge is -2.26. The summed E-state index contributed by atoms with van der Waals surface area (Å²) in [7, 11) is -5.78. The second kappa shape index (κ2) is 8.22. The molecule has 1 amide bonds. The van der Waals surface area contributed by atoms with Crippen LogP contribution in [-0.4, -0.2) is 31.9 Å². The molecule has 2 atom stereocenters. The largest absolute Gasteiger partial charge is 0.534 e. The minimum atomic E-state index is -5.78. The number of carbonyl (C=O) groups is 1. The quantitative estimate of drug-likeness (QED) is 0.493. The monoisotopic (exact) mass is 446 g/mol. The predicted molar refractivity (Wildman–Crippen MR) is 106 cm³/mol. The molecule has 1 saturated carbocycles. The SMILES string of the molecule is C[C@H](NC(=O)[C@]1(C)CCCN1)c1cc(OS(=O)(=O)C(F)(F)F)ccc1/C=C/C1CC1. The van der Waals surface area contributed by atoms with Crippen LogP contribution in [0, 0.1) is 5.92 Å². The molecule has 2 N–H and O–H groups in total. The van der Waals surface area contributed by atoms with Gasteiger partial charge in [0.2, 0.25) is 5.91 Å². The van der Waals surface area contributed by atoms with Gasteiger partial charge in [-0.3, -0.25) is 4.79 Å². The Balaban J connectivity index is 1.87. The van der Waals surface area contributed by atoms with Gasteiger partial charge in [-0.05, 0) is 75.3 Å². The number of hydrogen-bond acceptors (Lipinski definition) is 5. The van der Waals surface area contributed by atoms with Crippen LogP contribution >= 0.6 is 0 Å². The Morgan fingerprint density at radius 2 is 2.07 bits per heavy atom. The maximum Gasteiger partial charge on any atom is 0.534 e. The van der Waals surface area contributed by atoms with Gasteiger partial charge < -0.3 is 14.8 Å². The number of hydrogen-bond donors (Lipinski definition) is 2. The average Bonchev–Trinajstić information content (AvgIpc) is 3.37. The van der Waals surface area contributed by atoms with Gasteiger partial charge >= 0.3 is 15.6 Å². The van der Waals surface area contributed by atoms with Gasteiger partial charge in [-0.25, -0.2) is 0 Å². The van der Waals surface area contributed by atoms with Gasteiger partial charge in [0.25, 0.3) is 0 Å². The molecule has 0 spiro atoms. The predicted octanol–water partition coefficient (Wildman–Crippen LogP) is 3.66. The summed E-state index contributed by atoms with van der Waals surface area (Å²) in [6.45, 7) is 4.22. The summed E-state index contributed by atoms with van der Waals surface area (Å²) in [5, 5.41) is 6.04. The number of halogens is 3. The Kier molecular flexibility index (Phi) is 6.20. The van der Waals surface area contributed by atoms with Crippen LogP contribution in [0.2, 0.25) is 0 Å². The topological polar surface area (TPSA) is 84.5 Å². The van der Waals surface area contributed by atoms with Crippen molar-refractivity contribution < 1.29 is 30.6 Å². The molecule has 1 aliphatic heterocycles. The van der Waals surface area contributed by atoms with Gasteiger partial charge in [0.05, 0.1) is 11.6 Å². The molecular formula is C20H25F3N2O4S. The van der Waals surface area contributed by atoms with Crippen LogP contribution in [-0.2, 0) is 14.9 Å². The molecule has 166 valence electrons. The van der Waals surface area contributed by atoms with Crippen molar-refractivity contribution in [1.29, 1.82) is 0 Å². The van der Waals surface area contributed by atoms with E-state index in [-0.39, 0.29) is 5.91 Å². The molecule has 10 heteroatoms. The number of alkyl halides is 3. The number of carbonyl (C=O) groups excluding carboxylic acids is 1. The molecule has 6 nitrogen and oxygen atoms in total. The molecule has 2 fully saturated rings. The molecule has 1 aromatic rings. The third-order valence-electron chi connectivity index (χ3n) is 5.40. The molecule has 0 unspecified atom stereocenters. The molecule has 3 rings (SSSR count). The zero-order valence-electron chi connectivity index (χ0n) is 16.8. The summed E-state index contributed by atoms with van der Waals surface area (Å²) < 4.78 is 65.0. The highest BCUT2D eigenvalue weighted by Gasteiger charge is 2.48. The standard InChI is InChI=1S/C20H25F3N2O4S/c1-13(25-18(26)19(2)10-3-11-24-19)17-12-16(29-30(27,28)20(21,22)23)9-8-15(17)7-6-14-4-5-14/h6-9,12-14,24H,3-5,10-11H2,1-2H3,(H,25,26)/b7-6+/t13-,19-/m0/s1. The van der Waals surface area contributed by atoms with Crippen LogP contribution in [0.25, 0.3) is 6.08 Å². The Hall–Kier alpha value is -2.07. The molecule has 2 aliphatic rings. The third kappa shape index (κ3) is 5.15. The minimum absolute atomic E-state index is 0.223. The number of nitrogens with one attached hydrogen (secondary N) is 2. The van der Waals surface area contributed by atoms with Gasteiger partial charge in [0.1, 0.15) is 5.75 Å². The first kappa shape index (κ1) is 22.6. The second-order valence-corrected chi connectivity index (χ2v) is 9.57. The highest BCUT2D eigenvalue weighted by Crippen LogP contribution is 2.34. The van der Waals surface area contributed by atoms with E-state index in [2.05, 4.69) is 14.8 Å². The molecule has 1 aromatic carbocycles. The van der Waals surface area contributed by atoms with E-state index in [1.165, 1.54) is 18.2 Å². The van der Waals surface area contributed by atoms with E-state index in [0.717, 1.165) is 25.8 Å². The average molecular weight is 446 g/mol. The van der Waals surface area contributed by atoms with Crippen molar-refractivity contribution in [2.45, 2.75) is 56.6 Å². The molecule has 0 aromatic heterocycles. The van der Waals surface area contributed by atoms with Crippen LogP contribution < -0.4 is 14.8 Å². The van der Waals surface area contributed by atoms with Gasteiger partial charge in [-0.1, -0.05) is 18.2 Å². The van der Waals surface area contributed by atoms with Crippen molar-refractivity contribution in [2.24, 2.45) is 5.92 Å². The fourth-order valence-electron chi connectivity index (χ4n) is 3.36. The fourth-order valence-corrected chi connectivity index (χ4v) is 3.81. The highest BCUT2D eigenvalue weighted by atomic mass is 32.2. The van der Waals surface area contributed by atoms with Gasteiger partial charge in [-0.15, -0.1) is 0 Å². The highest BCUT2D eigenvalue weighted by molar-refractivity contribution is 7.88. The molecule has 30 heavy (non-hydrogen) atoms. The van der Waals surface area contributed by atoms with E-state index in [4.69, 9.17) is 0 Å². The summed E-state index contributed by atoms with van der Waals surface area (Å²) in [5.74, 6) is -0.220. The normalized spacial score (nSPS) is 23.5. The maximum atomic E-state index is 12.7. The van der Waals surface area contributed by atoms with Crippen LogP contribution in [0.15, 0.2) is 24.3 Å². The van der Waals surface area contributed by atoms with E-state index in [1.54, 1.807) is 13.8 Å². The second-order valence-electron chi connectivity index (χ2n) is 8.03. The van der Waals surface area contributed by atoms with Crippen molar-refractivity contribution in [2.75, 3.05) is 6.54 Å². The molecular weight excluding hydrogens is 421 g/mol. The van der Waals surface area contributed by atoms with Crippen molar-refractivity contribution in [3.8, 4) is 5.75 Å². The Morgan fingerprint density at radius 3 is 2.63 bits per heavy atom. The van der Waals surface area contributed by atoms with E-state index >= 15 is 0 Å². The van der Waals surface area contributed by atoms with Crippen LogP contribution in [0.3, 0.4) is 0 Å². The lowest BCUT2D eigenvalue weighted by molar-refractivity contribution is -0.127. The molecule has 1 aliphatic carbocycles. The lowest BCUT2D eigenvalue weighted by atomic mass is 9.96. The summed E-state index contributed by atoms with van der Waals surface area (Å²) in [6.07, 6.45) is 7.53. The zero-order chi connectivity index (χ0) is 22.2. The van der Waals surface area contributed by atoms with Crippen molar-refractivity contribution in [3.63, 3.8) is 0 Å². The lowest BCUT2D eigenvalue weighted by Crippen LogP contribution is -2.51. The smallest absolute Gasteiger partial charge is 0.376 e. The van der Waals surface area contributed by atoms with Crippen LogP contribution in [0.5, 0.6) is 5.75 Å². The van der Waals surface area contributed by atoms with Crippen molar-refractivity contribution in [3.05, 3.63) is 35.4 Å². The van der Waals surface area contributed by atoms with E-state index in [0.29, 0.717) is 23.5 Å². The number of rotatable bonds is 7. The number of allylic oxidation sites excluding steroid dienone is 1. The fraction of sp³-hybridized carbons (Fsp3) is 0.550. The van der Waals surface area contributed by atoms with Gasteiger partial charge in [0.15, 0.2) is 0 Å². The molecule has 1 saturated heterocycles. The summed E-state index contributed by atoms with van der Waals surface area (Å²) >= 11 is 0. The molecule has 0 radical (unpaired) electrons. The Bertz CT molecular complexity index is 934. The van der Waals surface area contributed by atoms with Crippen molar-refractivity contribution >= 4 is 22.1 Å². The van der Waals surface area contributed by atoms with Gasteiger partial charge in [0, 0.05) is 0 Å². The van der Waals surface area contributed by atoms with E-state index in [9.17, 15) is 26.4 Å². The van der Waals surface area contributed by atoms with E-state index in [1.807, 2.05) is 12.2 Å². The maximum absolute atomic E-state index is 12.7. The zero-order valence-corrected chi connectivity index (χ0v) is 17.6. The summed E-state index contributed by atoms with van der Waals surface area (Å²) in [4.78, 5) is 12.7. The third-order valence-corrected chi connectivity index (χ3v) is 6.38. The van der Waals surface area contributed by atoms with Crippen LogP contribution in [0.1, 0.15) is 56.7 Å². The molecule has 0 bridgehead atoms. The first-order valence-electron chi connectivity index (χ1n) is 9.80. The number of amides is 1. The Labute approximate surface area is 174 Å². The van der Waals surface area contributed by atoms with E-state index < -0.39 is 33.0 Å². The molecule has 1 heterocycles. The first-order chi connectivity index (χ1) is 13.9. The first-order valence-corrected chi connectivity index (χ1v) is 11.2. The van der Waals surface area contributed by atoms with Crippen molar-refractivity contribution in [1.82, 2.24) is 10.6 Å². The summed E-state index contributed by atoms with van der Waals surface area (Å²) in [6, 6.07) is 3.32. The van der Waals surface area contributed by atoms with Gasteiger partial charge in [-0.2, -0.15) is 21.6 Å². The minimum Gasteiger partial charge on any atom is -0.376 e. The van der Waals surface area contributed by atoms with Crippen LogP contribution in [0.4, 0.5) is 13.2 Å². The summed E-state index contributed by atoms with van der Waals surface area (Å²) in [5.41, 5.74) is -5.10.